The summed E-state index contributed by atoms with van der Waals surface area (Å²) in [7, 11) is 1.55. The summed E-state index contributed by atoms with van der Waals surface area (Å²) in [6.07, 6.45) is 3.71. The van der Waals surface area contributed by atoms with Crippen LogP contribution in [0.15, 0.2) is 0 Å². The van der Waals surface area contributed by atoms with Gasteiger partial charge >= 0.3 is 12.0 Å². The lowest BCUT2D eigenvalue weighted by Crippen LogP contribution is -2.37. The van der Waals surface area contributed by atoms with E-state index in [4.69, 9.17) is 5.11 Å². The van der Waals surface area contributed by atoms with E-state index in [2.05, 4.69) is 16.0 Å². The zero-order valence-corrected chi connectivity index (χ0v) is 11.3. The number of carbonyl (C=O) groups excluding carboxylic acids is 2. The summed E-state index contributed by atoms with van der Waals surface area (Å²) in [5.74, 6) is -0.882. The van der Waals surface area contributed by atoms with Crippen LogP contribution >= 0.6 is 0 Å². The second-order valence-corrected chi connectivity index (χ2v) is 4.16. The van der Waals surface area contributed by atoms with Crippen molar-refractivity contribution >= 4 is 17.9 Å². The van der Waals surface area contributed by atoms with Crippen molar-refractivity contribution in [2.45, 2.75) is 38.5 Å². The van der Waals surface area contributed by atoms with Crippen LogP contribution < -0.4 is 16.0 Å². The molecular weight excluding hydrogens is 250 g/mol. The van der Waals surface area contributed by atoms with Crippen molar-refractivity contribution in [3.8, 4) is 0 Å². The largest absolute Gasteiger partial charge is 0.481 e. The Balaban J connectivity index is 3.29. The number of urea groups is 1. The van der Waals surface area contributed by atoms with Gasteiger partial charge in [0.1, 0.15) is 0 Å². The fourth-order valence-corrected chi connectivity index (χ4v) is 1.43. The lowest BCUT2D eigenvalue weighted by molar-refractivity contribution is -0.137. The SMILES string of the molecule is CNC(=O)CCNC(=O)NCCCCCCC(=O)O. The Labute approximate surface area is 113 Å². The molecular formula is C12H23N3O4. The minimum Gasteiger partial charge on any atom is -0.481 e. The fourth-order valence-electron chi connectivity index (χ4n) is 1.43. The number of unbranched alkanes of at least 4 members (excludes halogenated alkanes) is 3. The van der Waals surface area contributed by atoms with E-state index in [1.807, 2.05) is 0 Å². The summed E-state index contributed by atoms with van der Waals surface area (Å²) in [6, 6.07) is -0.283. The fraction of sp³-hybridized carbons (Fsp3) is 0.750. The number of amides is 3. The summed E-state index contributed by atoms with van der Waals surface area (Å²) >= 11 is 0. The lowest BCUT2D eigenvalue weighted by atomic mass is 10.1. The summed E-state index contributed by atoms with van der Waals surface area (Å²) in [5.41, 5.74) is 0. The molecule has 110 valence electrons. The highest BCUT2D eigenvalue weighted by molar-refractivity contribution is 5.77. The Kier molecular flexibility index (Phi) is 10.2. The summed E-state index contributed by atoms with van der Waals surface area (Å²) in [6.45, 7) is 0.864. The highest BCUT2D eigenvalue weighted by Crippen LogP contribution is 2.01. The first kappa shape index (κ1) is 17.2. The van der Waals surface area contributed by atoms with Gasteiger partial charge in [-0.05, 0) is 12.8 Å². The minimum absolute atomic E-state index is 0.112. The van der Waals surface area contributed by atoms with Gasteiger partial charge in [-0.15, -0.1) is 0 Å². The van der Waals surface area contributed by atoms with E-state index < -0.39 is 5.97 Å². The quantitative estimate of drug-likeness (QED) is 0.434. The van der Waals surface area contributed by atoms with Gasteiger partial charge in [-0.1, -0.05) is 12.8 Å². The monoisotopic (exact) mass is 273 g/mol. The number of hydrogen-bond donors (Lipinski definition) is 4. The zero-order chi connectivity index (χ0) is 14.5. The Morgan fingerprint density at radius 3 is 2.16 bits per heavy atom. The topological polar surface area (TPSA) is 108 Å². The predicted molar refractivity (Wildman–Crippen MR) is 70.8 cm³/mol. The number of nitrogens with one attached hydrogen (secondary N) is 3. The molecule has 0 atom stereocenters. The number of hydrogen-bond acceptors (Lipinski definition) is 3. The molecule has 0 aromatic rings. The van der Waals surface area contributed by atoms with Gasteiger partial charge in [-0.2, -0.15) is 0 Å². The van der Waals surface area contributed by atoms with Crippen molar-refractivity contribution in [2.24, 2.45) is 0 Å². The predicted octanol–water partition coefficient (Wildman–Crippen LogP) is 0.457. The van der Waals surface area contributed by atoms with Crippen LogP contribution in [0.5, 0.6) is 0 Å². The molecule has 0 aliphatic rings. The van der Waals surface area contributed by atoms with E-state index in [0.717, 1.165) is 19.3 Å². The molecule has 0 heterocycles. The minimum atomic E-state index is -0.770. The van der Waals surface area contributed by atoms with E-state index in [-0.39, 0.29) is 24.8 Å². The first-order valence-corrected chi connectivity index (χ1v) is 6.50. The Hall–Kier alpha value is -1.79. The first-order valence-electron chi connectivity index (χ1n) is 6.50. The molecule has 3 amide bonds. The Bertz CT molecular complexity index is 295. The second kappa shape index (κ2) is 11.3. The molecule has 0 aliphatic carbocycles. The number of carboxylic acid groups (broad SMARTS) is 1. The zero-order valence-electron chi connectivity index (χ0n) is 11.3. The van der Waals surface area contributed by atoms with Gasteiger partial charge in [0.05, 0.1) is 0 Å². The summed E-state index contributed by atoms with van der Waals surface area (Å²) in [5, 5.41) is 16.2. The van der Waals surface area contributed by atoms with Crippen LogP contribution in [0, 0.1) is 0 Å². The maximum atomic E-state index is 11.3. The molecule has 19 heavy (non-hydrogen) atoms. The molecule has 0 radical (unpaired) electrons. The van der Waals surface area contributed by atoms with Gasteiger partial charge in [0.25, 0.3) is 0 Å². The maximum absolute atomic E-state index is 11.3. The molecule has 0 aliphatic heterocycles. The van der Waals surface area contributed by atoms with Crippen LogP contribution in [0.3, 0.4) is 0 Å². The molecule has 7 nitrogen and oxygen atoms in total. The Morgan fingerprint density at radius 2 is 1.53 bits per heavy atom. The smallest absolute Gasteiger partial charge is 0.314 e. The average Bonchev–Trinajstić information content (AvgIpc) is 2.37. The molecule has 0 spiro atoms. The highest BCUT2D eigenvalue weighted by Gasteiger charge is 2.01. The third-order valence-electron chi connectivity index (χ3n) is 2.52. The number of aliphatic carboxylic acids is 1. The van der Waals surface area contributed by atoms with Crippen LogP contribution in [0.2, 0.25) is 0 Å². The molecule has 4 N–H and O–H groups in total. The van der Waals surface area contributed by atoms with Crippen molar-refractivity contribution in [1.29, 1.82) is 0 Å². The molecule has 0 unspecified atom stereocenters. The summed E-state index contributed by atoms with van der Waals surface area (Å²) in [4.78, 5) is 32.4. The van der Waals surface area contributed by atoms with Crippen molar-refractivity contribution in [2.75, 3.05) is 20.1 Å². The third kappa shape index (κ3) is 12.5. The van der Waals surface area contributed by atoms with E-state index in [0.29, 0.717) is 19.5 Å². The number of rotatable bonds is 10. The van der Waals surface area contributed by atoms with Crippen LogP contribution in [-0.4, -0.2) is 43.2 Å². The van der Waals surface area contributed by atoms with Gasteiger partial charge in [-0.25, -0.2) is 4.79 Å². The van der Waals surface area contributed by atoms with Crippen molar-refractivity contribution in [3.63, 3.8) is 0 Å². The molecule has 0 saturated carbocycles. The molecule has 0 fully saturated rings. The van der Waals surface area contributed by atoms with Gasteiger partial charge in [-0.3, -0.25) is 9.59 Å². The van der Waals surface area contributed by atoms with Gasteiger partial charge in [0.15, 0.2) is 0 Å². The highest BCUT2D eigenvalue weighted by atomic mass is 16.4. The van der Waals surface area contributed by atoms with E-state index in [1.165, 1.54) is 0 Å². The van der Waals surface area contributed by atoms with E-state index >= 15 is 0 Å². The van der Waals surface area contributed by atoms with Gasteiger partial charge < -0.3 is 21.1 Å². The van der Waals surface area contributed by atoms with Crippen LogP contribution in [0.1, 0.15) is 38.5 Å². The standard InChI is InChI=1S/C12H23N3O4/c1-13-10(16)7-9-15-12(19)14-8-5-3-2-4-6-11(17)18/h2-9H2,1H3,(H,13,16)(H,17,18)(H2,14,15,19). The van der Waals surface area contributed by atoms with Crippen LogP contribution in [0.25, 0.3) is 0 Å². The molecule has 0 aromatic carbocycles. The third-order valence-corrected chi connectivity index (χ3v) is 2.52. The van der Waals surface area contributed by atoms with Crippen molar-refractivity contribution in [1.82, 2.24) is 16.0 Å². The Morgan fingerprint density at radius 1 is 0.895 bits per heavy atom. The lowest BCUT2D eigenvalue weighted by Gasteiger charge is -2.07. The van der Waals surface area contributed by atoms with Crippen LogP contribution in [0.4, 0.5) is 4.79 Å². The van der Waals surface area contributed by atoms with E-state index in [9.17, 15) is 14.4 Å². The molecule has 0 bridgehead atoms. The number of carbonyl (C=O) groups is 3. The van der Waals surface area contributed by atoms with Gasteiger partial charge in [0, 0.05) is 33.0 Å². The van der Waals surface area contributed by atoms with Crippen molar-refractivity contribution in [3.05, 3.63) is 0 Å². The number of carboxylic acids is 1. The molecule has 0 saturated heterocycles. The van der Waals surface area contributed by atoms with Crippen molar-refractivity contribution < 1.29 is 19.5 Å². The van der Waals surface area contributed by atoms with E-state index in [1.54, 1.807) is 7.05 Å². The average molecular weight is 273 g/mol. The molecule has 7 heteroatoms. The molecule has 0 aromatic heterocycles. The second-order valence-electron chi connectivity index (χ2n) is 4.16. The van der Waals surface area contributed by atoms with Gasteiger partial charge in [0.2, 0.25) is 5.91 Å². The first-order chi connectivity index (χ1) is 9.06. The summed E-state index contributed by atoms with van der Waals surface area (Å²) < 4.78 is 0. The normalized spacial score (nSPS) is 9.74. The molecule has 0 rings (SSSR count). The van der Waals surface area contributed by atoms with Crippen LogP contribution in [-0.2, 0) is 9.59 Å². The maximum Gasteiger partial charge on any atom is 0.314 e.